The maximum atomic E-state index is 12.4. The van der Waals surface area contributed by atoms with Crippen molar-refractivity contribution in [3.63, 3.8) is 0 Å². The Bertz CT molecular complexity index is 893. The van der Waals surface area contributed by atoms with Crippen LogP contribution in [0.4, 0.5) is 5.69 Å². The predicted octanol–water partition coefficient (Wildman–Crippen LogP) is 2.39. The molecule has 1 aromatic carbocycles. The molecule has 2 aromatic rings. The van der Waals surface area contributed by atoms with Gasteiger partial charge in [0, 0.05) is 0 Å². The van der Waals surface area contributed by atoms with Crippen LogP contribution in [0.1, 0.15) is 41.2 Å². The number of esters is 2. The maximum Gasteiger partial charge on any atom is 0.340 e. The Labute approximate surface area is 173 Å². The van der Waals surface area contributed by atoms with E-state index >= 15 is 0 Å². The van der Waals surface area contributed by atoms with Gasteiger partial charge in [-0.25, -0.2) is 9.59 Å². The third-order valence-corrected chi connectivity index (χ3v) is 4.46. The Morgan fingerprint density at radius 2 is 1.83 bits per heavy atom. The van der Waals surface area contributed by atoms with Gasteiger partial charge in [-0.05, 0) is 30.2 Å². The monoisotopic (exact) mass is 416 g/mol. The topological polar surface area (TPSA) is 124 Å². The molecule has 0 spiro atoms. The van der Waals surface area contributed by atoms with Crippen LogP contribution in [-0.4, -0.2) is 43.5 Å². The Morgan fingerprint density at radius 3 is 2.47 bits per heavy atom. The summed E-state index contributed by atoms with van der Waals surface area (Å²) in [7, 11) is 1.23. The van der Waals surface area contributed by atoms with Crippen molar-refractivity contribution in [1.29, 1.82) is 0 Å². The molecule has 0 aliphatic carbocycles. The number of ether oxygens (including phenoxy) is 2. The van der Waals surface area contributed by atoms with Crippen molar-refractivity contribution in [1.82, 2.24) is 5.32 Å². The lowest BCUT2D eigenvalue weighted by molar-refractivity contribution is -0.147. The number of methoxy groups -OCH3 is 1. The van der Waals surface area contributed by atoms with Crippen molar-refractivity contribution in [2.75, 3.05) is 19.0 Å². The first-order valence-electron chi connectivity index (χ1n) is 9.35. The van der Waals surface area contributed by atoms with Gasteiger partial charge in [0.1, 0.15) is 6.04 Å². The van der Waals surface area contributed by atoms with E-state index in [1.54, 1.807) is 25.1 Å². The highest BCUT2D eigenvalue weighted by Gasteiger charge is 2.27. The highest BCUT2D eigenvalue weighted by Crippen LogP contribution is 2.18. The summed E-state index contributed by atoms with van der Waals surface area (Å²) in [6, 6.07) is 8.40. The quantitative estimate of drug-likeness (QED) is 0.602. The van der Waals surface area contributed by atoms with Crippen LogP contribution in [0.5, 0.6) is 0 Å². The number of benzene rings is 1. The van der Waals surface area contributed by atoms with E-state index in [2.05, 4.69) is 10.6 Å². The average Bonchev–Trinajstić information content (AvgIpc) is 3.30. The fourth-order valence-electron chi connectivity index (χ4n) is 2.58. The number of anilines is 1. The van der Waals surface area contributed by atoms with E-state index in [1.165, 1.54) is 31.6 Å². The van der Waals surface area contributed by atoms with Gasteiger partial charge in [0.15, 0.2) is 12.4 Å². The van der Waals surface area contributed by atoms with E-state index < -0.39 is 36.4 Å². The van der Waals surface area contributed by atoms with Crippen molar-refractivity contribution in [2.45, 2.75) is 26.3 Å². The number of hydrogen-bond acceptors (Lipinski definition) is 7. The molecule has 0 radical (unpaired) electrons. The minimum Gasteiger partial charge on any atom is -0.467 e. The zero-order chi connectivity index (χ0) is 22.1. The molecule has 1 heterocycles. The van der Waals surface area contributed by atoms with Crippen LogP contribution < -0.4 is 10.6 Å². The molecule has 2 atom stereocenters. The molecule has 0 saturated carbocycles. The minimum absolute atomic E-state index is 0.0663. The number of furan rings is 1. The summed E-state index contributed by atoms with van der Waals surface area (Å²) < 4.78 is 14.8. The lowest BCUT2D eigenvalue weighted by Crippen LogP contribution is -2.47. The molecule has 160 valence electrons. The third kappa shape index (κ3) is 5.94. The molecule has 9 heteroatoms. The first-order valence-corrected chi connectivity index (χ1v) is 9.35. The highest BCUT2D eigenvalue weighted by atomic mass is 16.5. The van der Waals surface area contributed by atoms with Gasteiger partial charge in [0.25, 0.3) is 11.8 Å². The molecule has 0 unspecified atom stereocenters. The molecular weight excluding hydrogens is 392 g/mol. The molecule has 0 saturated heterocycles. The molecule has 2 amide bonds. The van der Waals surface area contributed by atoms with Gasteiger partial charge in [0.05, 0.1) is 24.6 Å². The fourth-order valence-corrected chi connectivity index (χ4v) is 2.58. The second-order valence-electron chi connectivity index (χ2n) is 6.51. The largest absolute Gasteiger partial charge is 0.467 e. The number of nitrogens with one attached hydrogen (secondary N) is 2. The van der Waals surface area contributed by atoms with Gasteiger partial charge in [-0.1, -0.05) is 32.4 Å². The highest BCUT2D eigenvalue weighted by molar-refractivity contribution is 6.06. The van der Waals surface area contributed by atoms with Gasteiger partial charge in [-0.2, -0.15) is 0 Å². The van der Waals surface area contributed by atoms with Gasteiger partial charge >= 0.3 is 11.9 Å². The lowest BCUT2D eigenvalue weighted by atomic mass is 9.99. The van der Waals surface area contributed by atoms with Crippen LogP contribution in [-0.2, 0) is 19.1 Å². The van der Waals surface area contributed by atoms with E-state index in [0.29, 0.717) is 6.42 Å². The molecular formula is C21H24N2O7. The van der Waals surface area contributed by atoms with Gasteiger partial charge in [0.2, 0.25) is 0 Å². The Balaban J connectivity index is 2.00. The normalized spacial score (nSPS) is 12.4. The molecule has 9 nitrogen and oxygen atoms in total. The number of amides is 2. The third-order valence-electron chi connectivity index (χ3n) is 4.46. The molecule has 30 heavy (non-hydrogen) atoms. The van der Waals surface area contributed by atoms with E-state index in [4.69, 9.17) is 13.9 Å². The Kier molecular flexibility index (Phi) is 8.16. The van der Waals surface area contributed by atoms with Crippen molar-refractivity contribution in [2.24, 2.45) is 5.92 Å². The number of hydrogen-bond donors (Lipinski definition) is 2. The maximum absolute atomic E-state index is 12.4. The summed E-state index contributed by atoms with van der Waals surface area (Å²) in [5.41, 5.74) is 0.271. The van der Waals surface area contributed by atoms with E-state index in [-0.39, 0.29) is 22.9 Å². The predicted molar refractivity (Wildman–Crippen MR) is 107 cm³/mol. The van der Waals surface area contributed by atoms with Crippen molar-refractivity contribution in [3.05, 3.63) is 54.0 Å². The summed E-state index contributed by atoms with van der Waals surface area (Å²) in [6.45, 7) is 3.08. The summed E-state index contributed by atoms with van der Waals surface area (Å²) in [5, 5.41) is 5.08. The number of rotatable bonds is 9. The van der Waals surface area contributed by atoms with Crippen LogP contribution in [0.25, 0.3) is 0 Å². The second kappa shape index (κ2) is 10.8. The van der Waals surface area contributed by atoms with E-state index in [1.807, 2.05) is 6.92 Å². The van der Waals surface area contributed by atoms with Gasteiger partial charge in [-0.15, -0.1) is 0 Å². The lowest BCUT2D eigenvalue weighted by Gasteiger charge is -2.21. The zero-order valence-corrected chi connectivity index (χ0v) is 17.0. The summed E-state index contributed by atoms with van der Waals surface area (Å²) in [6.07, 6.45) is 2.00. The minimum atomic E-state index is -0.842. The van der Waals surface area contributed by atoms with Gasteiger partial charge in [-0.3, -0.25) is 9.59 Å². The van der Waals surface area contributed by atoms with Crippen LogP contribution in [0.15, 0.2) is 47.1 Å². The molecule has 0 aliphatic rings. The summed E-state index contributed by atoms with van der Waals surface area (Å²) in [5.74, 6) is -2.64. The van der Waals surface area contributed by atoms with E-state index in [0.717, 1.165) is 0 Å². The number of carbonyl (C=O) groups excluding carboxylic acids is 4. The van der Waals surface area contributed by atoms with Crippen molar-refractivity contribution < 1.29 is 33.1 Å². The average molecular weight is 416 g/mol. The Hall–Kier alpha value is -3.62. The number of carbonyl (C=O) groups is 4. The molecule has 2 N–H and O–H groups in total. The van der Waals surface area contributed by atoms with Crippen LogP contribution in [0.3, 0.4) is 0 Å². The molecule has 1 aromatic heterocycles. The van der Waals surface area contributed by atoms with Crippen LogP contribution in [0, 0.1) is 5.92 Å². The zero-order valence-electron chi connectivity index (χ0n) is 17.0. The van der Waals surface area contributed by atoms with Crippen LogP contribution >= 0.6 is 0 Å². The summed E-state index contributed by atoms with van der Waals surface area (Å²) >= 11 is 0. The van der Waals surface area contributed by atoms with Gasteiger partial charge < -0.3 is 24.5 Å². The Morgan fingerprint density at radius 1 is 1.10 bits per heavy atom. The smallest absolute Gasteiger partial charge is 0.340 e. The number of para-hydroxylation sites is 1. The van der Waals surface area contributed by atoms with E-state index in [9.17, 15) is 19.2 Å². The molecule has 2 rings (SSSR count). The standard InChI is InChI=1S/C21H24N2O7/c1-4-13(2)18(21(27)28-3)23-17(24)12-30-20(26)14-8-5-6-9-15(14)22-19(25)16-10-7-11-29-16/h5-11,13,18H,4,12H2,1-3H3,(H,22,25)(H,23,24)/t13-,18-/m0/s1. The first kappa shape index (κ1) is 22.7. The molecule has 0 bridgehead atoms. The SMILES string of the molecule is CC[C@H](C)[C@H](NC(=O)COC(=O)c1ccccc1NC(=O)c1ccco1)C(=O)OC. The fraction of sp³-hybridized carbons (Fsp3) is 0.333. The second-order valence-corrected chi connectivity index (χ2v) is 6.51. The molecule has 0 aliphatic heterocycles. The summed E-state index contributed by atoms with van der Waals surface area (Å²) in [4.78, 5) is 48.6. The van der Waals surface area contributed by atoms with Crippen molar-refractivity contribution >= 4 is 29.4 Å². The van der Waals surface area contributed by atoms with Crippen molar-refractivity contribution in [3.8, 4) is 0 Å². The first-order chi connectivity index (χ1) is 14.4. The van der Waals surface area contributed by atoms with Crippen LogP contribution in [0.2, 0.25) is 0 Å². The molecule has 0 fully saturated rings.